The van der Waals surface area contributed by atoms with Gasteiger partial charge in [-0.3, -0.25) is 0 Å². The van der Waals surface area contributed by atoms with Crippen molar-refractivity contribution < 1.29 is 18.7 Å². The lowest BCUT2D eigenvalue weighted by Crippen LogP contribution is -2.06. The summed E-state index contributed by atoms with van der Waals surface area (Å²) in [7, 11) is 0. The molecule has 0 unspecified atom stereocenters. The zero-order chi connectivity index (χ0) is 11.8. The molecule has 0 aliphatic rings. The Hall–Kier alpha value is -2.02. The summed E-state index contributed by atoms with van der Waals surface area (Å²) in [6, 6.07) is 5.73. The molecule has 4 heteroatoms. The highest BCUT2D eigenvalue weighted by atomic mass is 19.1. The molecule has 0 aliphatic carbocycles. The number of ether oxygens (including phenoxy) is 2. The van der Waals surface area contributed by atoms with E-state index >= 15 is 0 Å². The van der Waals surface area contributed by atoms with Crippen LogP contribution in [0.25, 0.3) is 0 Å². The van der Waals surface area contributed by atoms with Gasteiger partial charge in [-0.05, 0) is 31.2 Å². The fourth-order valence-corrected chi connectivity index (χ4v) is 0.926. The quantitative estimate of drug-likeness (QED) is 0.569. The number of benzene rings is 1. The molecule has 0 saturated heterocycles. The Morgan fingerprint density at radius 3 is 2.62 bits per heavy atom. The van der Waals surface area contributed by atoms with E-state index in [2.05, 4.69) is 21.3 Å². The van der Waals surface area contributed by atoms with Gasteiger partial charge in [-0.1, -0.05) is 11.8 Å². The summed E-state index contributed by atoms with van der Waals surface area (Å²) in [4.78, 5) is 10.7. The van der Waals surface area contributed by atoms with Crippen molar-refractivity contribution >= 4 is 6.16 Å². The summed E-state index contributed by atoms with van der Waals surface area (Å²) in [6.07, 6.45) is -0.740. The fourth-order valence-electron chi connectivity index (χ4n) is 0.926. The van der Waals surface area contributed by atoms with Crippen molar-refractivity contribution in [2.24, 2.45) is 0 Å². The molecule has 1 rings (SSSR count). The maximum atomic E-state index is 12.5. The predicted octanol–water partition coefficient (Wildman–Crippen LogP) is 2.35. The van der Waals surface area contributed by atoms with Crippen molar-refractivity contribution in [3.8, 4) is 11.8 Å². The highest BCUT2D eigenvalue weighted by Gasteiger charge is 1.98. The van der Waals surface area contributed by atoms with Gasteiger partial charge in [-0.15, -0.1) is 0 Å². The van der Waals surface area contributed by atoms with Crippen molar-refractivity contribution in [1.29, 1.82) is 0 Å². The third-order valence-corrected chi connectivity index (χ3v) is 1.60. The van der Waals surface area contributed by atoms with Crippen LogP contribution < -0.4 is 0 Å². The van der Waals surface area contributed by atoms with Gasteiger partial charge in [-0.25, -0.2) is 9.18 Å². The van der Waals surface area contributed by atoms with Crippen LogP contribution in [-0.2, 0) is 9.47 Å². The third-order valence-electron chi connectivity index (χ3n) is 1.60. The first-order valence-electron chi connectivity index (χ1n) is 4.76. The zero-order valence-electron chi connectivity index (χ0n) is 8.83. The first-order valence-corrected chi connectivity index (χ1v) is 4.76. The summed E-state index contributed by atoms with van der Waals surface area (Å²) in [6.45, 7) is 1.91. The van der Waals surface area contributed by atoms with E-state index in [0.717, 1.165) is 0 Å². The van der Waals surface area contributed by atoms with Crippen LogP contribution in [0.5, 0.6) is 0 Å². The monoisotopic (exact) mass is 222 g/mol. The third kappa shape index (κ3) is 4.47. The van der Waals surface area contributed by atoms with Gasteiger partial charge in [0, 0.05) is 5.56 Å². The van der Waals surface area contributed by atoms with E-state index in [1.807, 2.05) is 0 Å². The van der Waals surface area contributed by atoms with E-state index in [0.29, 0.717) is 5.56 Å². The van der Waals surface area contributed by atoms with Gasteiger partial charge in [0.25, 0.3) is 0 Å². The van der Waals surface area contributed by atoms with Crippen LogP contribution in [0.4, 0.5) is 9.18 Å². The summed E-state index contributed by atoms with van der Waals surface area (Å²) in [5.41, 5.74) is 0.661. The van der Waals surface area contributed by atoms with Crippen molar-refractivity contribution in [2.45, 2.75) is 6.92 Å². The molecular formula is C12H11FO3. The number of hydrogen-bond donors (Lipinski definition) is 0. The Labute approximate surface area is 93.2 Å². The Bertz CT molecular complexity index is 401. The minimum atomic E-state index is -0.740. The first kappa shape index (κ1) is 12.1. The highest BCUT2D eigenvalue weighted by molar-refractivity contribution is 5.60. The van der Waals surface area contributed by atoms with E-state index in [4.69, 9.17) is 0 Å². The molecule has 0 fully saturated rings. The molecule has 0 aliphatic heterocycles. The zero-order valence-corrected chi connectivity index (χ0v) is 8.83. The fraction of sp³-hybridized carbons (Fsp3) is 0.250. The van der Waals surface area contributed by atoms with Gasteiger partial charge in [0.05, 0.1) is 6.61 Å². The Morgan fingerprint density at radius 1 is 1.31 bits per heavy atom. The second-order valence-electron chi connectivity index (χ2n) is 2.78. The number of rotatable bonds is 2. The maximum absolute atomic E-state index is 12.5. The van der Waals surface area contributed by atoms with Crippen molar-refractivity contribution in [1.82, 2.24) is 0 Å². The maximum Gasteiger partial charge on any atom is 0.509 e. The average molecular weight is 222 g/mol. The van der Waals surface area contributed by atoms with Gasteiger partial charge in [0.15, 0.2) is 6.61 Å². The largest absolute Gasteiger partial charge is 0.509 e. The van der Waals surface area contributed by atoms with Crippen LogP contribution in [0.15, 0.2) is 24.3 Å². The minimum absolute atomic E-state index is 0.0454. The lowest BCUT2D eigenvalue weighted by atomic mass is 10.2. The number of carbonyl (C=O) groups excluding carboxylic acids is 1. The molecule has 1 aromatic carbocycles. The van der Waals surface area contributed by atoms with Gasteiger partial charge < -0.3 is 9.47 Å². The molecule has 0 N–H and O–H groups in total. The molecule has 0 saturated carbocycles. The lowest BCUT2D eigenvalue weighted by molar-refractivity contribution is 0.0687. The molecule has 0 atom stereocenters. The topological polar surface area (TPSA) is 35.5 Å². The summed E-state index contributed by atoms with van der Waals surface area (Å²) in [5, 5.41) is 0. The molecule has 84 valence electrons. The van der Waals surface area contributed by atoms with E-state index in [1.54, 1.807) is 19.1 Å². The lowest BCUT2D eigenvalue weighted by Gasteiger charge is -1.98. The number of halogens is 1. The Balaban J connectivity index is 2.38. The Morgan fingerprint density at radius 2 is 2.00 bits per heavy atom. The van der Waals surface area contributed by atoms with Crippen molar-refractivity contribution in [2.75, 3.05) is 13.2 Å². The minimum Gasteiger partial charge on any atom is -0.435 e. The summed E-state index contributed by atoms with van der Waals surface area (Å²) < 4.78 is 21.7. The molecule has 1 aromatic rings. The van der Waals surface area contributed by atoms with Crippen LogP contribution in [0.3, 0.4) is 0 Å². The van der Waals surface area contributed by atoms with Gasteiger partial charge >= 0.3 is 6.16 Å². The number of hydrogen-bond acceptors (Lipinski definition) is 3. The molecule has 0 aromatic heterocycles. The van der Waals surface area contributed by atoms with Crippen LogP contribution in [0, 0.1) is 17.7 Å². The van der Waals surface area contributed by atoms with Gasteiger partial charge in [0.2, 0.25) is 0 Å². The molecule has 0 bridgehead atoms. The second-order valence-corrected chi connectivity index (χ2v) is 2.78. The molecule has 0 spiro atoms. The first-order chi connectivity index (χ1) is 7.72. The van der Waals surface area contributed by atoms with Crippen LogP contribution >= 0.6 is 0 Å². The second kappa shape index (κ2) is 6.46. The molecular weight excluding hydrogens is 211 g/mol. The van der Waals surface area contributed by atoms with Crippen LogP contribution in [-0.4, -0.2) is 19.4 Å². The standard InChI is InChI=1S/C12H11FO3/c1-2-15-12(14)16-9-3-4-10-5-7-11(13)8-6-10/h5-8H,2,9H2,1H3. The van der Waals surface area contributed by atoms with E-state index in [-0.39, 0.29) is 19.0 Å². The van der Waals surface area contributed by atoms with Crippen LogP contribution in [0.1, 0.15) is 12.5 Å². The summed E-state index contributed by atoms with van der Waals surface area (Å²) in [5.74, 6) is 5.02. The number of carbonyl (C=O) groups is 1. The van der Waals surface area contributed by atoms with Gasteiger partial charge in [-0.2, -0.15) is 0 Å². The van der Waals surface area contributed by atoms with E-state index in [9.17, 15) is 9.18 Å². The smallest absolute Gasteiger partial charge is 0.435 e. The molecule has 16 heavy (non-hydrogen) atoms. The average Bonchev–Trinajstić information content (AvgIpc) is 2.27. The van der Waals surface area contributed by atoms with Crippen LogP contribution in [0.2, 0.25) is 0 Å². The highest BCUT2D eigenvalue weighted by Crippen LogP contribution is 2.00. The van der Waals surface area contributed by atoms with Crippen molar-refractivity contribution in [3.05, 3.63) is 35.6 Å². The molecule has 3 nitrogen and oxygen atoms in total. The van der Waals surface area contributed by atoms with Crippen molar-refractivity contribution in [3.63, 3.8) is 0 Å². The summed E-state index contributed by atoms with van der Waals surface area (Å²) >= 11 is 0. The SMILES string of the molecule is CCOC(=O)OCC#Cc1ccc(F)cc1. The normalized spacial score (nSPS) is 8.88. The van der Waals surface area contributed by atoms with E-state index in [1.165, 1.54) is 12.1 Å². The molecule has 0 heterocycles. The molecule has 0 radical (unpaired) electrons. The predicted molar refractivity (Wildman–Crippen MR) is 56.3 cm³/mol. The Kier molecular flexibility index (Phi) is 4.87. The molecule has 0 amide bonds. The van der Waals surface area contributed by atoms with E-state index < -0.39 is 6.16 Å². The van der Waals surface area contributed by atoms with Gasteiger partial charge in [0.1, 0.15) is 5.82 Å².